The summed E-state index contributed by atoms with van der Waals surface area (Å²) in [5.74, 6) is -2.47. The lowest BCUT2D eigenvalue weighted by Crippen LogP contribution is -2.27. The molecule has 1 unspecified atom stereocenters. The maximum atomic E-state index is 13.8. The molecule has 2 aromatic rings. The second-order valence-electron chi connectivity index (χ2n) is 3.94. The van der Waals surface area contributed by atoms with Gasteiger partial charge in [0.25, 0.3) is 0 Å². The van der Waals surface area contributed by atoms with Gasteiger partial charge in [0, 0.05) is 11.1 Å². The predicted octanol–water partition coefficient (Wildman–Crippen LogP) is 2.97. The van der Waals surface area contributed by atoms with Gasteiger partial charge in [0.15, 0.2) is 23.1 Å². The molecule has 1 N–H and O–H groups in total. The molecule has 2 aromatic carbocycles. The summed E-state index contributed by atoms with van der Waals surface area (Å²) in [6.07, 6.45) is 5.25. The largest absolute Gasteiger partial charge is 0.369 e. The van der Waals surface area contributed by atoms with Gasteiger partial charge >= 0.3 is 0 Å². The third-order valence-electron chi connectivity index (χ3n) is 2.83. The normalized spacial score (nSPS) is 13.6. The third kappa shape index (κ3) is 2.09. The van der Waals surface area contributed by atoms with Crippen molar-refractivity contribution in [2.45, 2.75) is 5.60 Å². The second kappa shape index (κ2) is 4.79. The van der Waals surface area contributed by atoms with Crippen LogP contribution < -0.4 is 0 Å². The highest BCUT2D eigenvalue weighted by Gasteiger charge is 2.34. The van der Waals surface area contributed by atoms with Crippen molar-refractivity contribution in [1.82, 2.24) is 0 Å². The average molecular weight is 262 g/mol. The van der Waals surface area contributed by atoms with Gasteiger partial charge in [0.1, 0.15) is 0 Å². The molecule has 0 spiro atoms. The van der Waals surface area contributed by atoms with Crippen LogP contribution in [0.25, 0.3) is 0 Å². The molecule has 0 saturated heterocycles. The zero-order valence-electron chi connectivity index (χ0n) is 9.70. The Morgan fingerprint density at radius 2 is 1.58 bits per heavy atom. The average Bonchev–Trinajstić information content (AvgIpc) is 2.45. The van der Waals surface area contributed by atoms with Gasteiger partial charge in [0.05, 0.1) is 0 Å². The fraction of sp³-hybridized carbons (Fsp3) is 0.0667. The molecule has 1 nitrogen and oxygen atoms in total. The minimum absolute atomic E-state index is 0.197. The van der Waals surface area contributed by atoms with Crippen molar-refractivity contribution < 1.29 is 18.3 Å². The number of aliphatic hydroxyl groups is 1. The van der Waals surface area contributed by atoms with Gasteiger partial charge in [-0.3, -0.25) is 0 Å². The van der Waals surface area contributed by atoms with Gasteiger partial charge in [-0.1, -0.05) is 36.3 Å². The standard InChI is InChI=1S/C15H9F3O/c1-2-15(19,10-6-4-3-5-7-10)11-8-9-12(16)14(18)13(11)17/h1,3-9,19H. The first-order valence-electron chi connectivity index (χ1n) is 5.40. The Hall–Kier alpha value is -2.25. The maximum Gasteiger partial charge on any atom is 0.194 e. The molecule has 0 aliphatic carbocycles. The van der Waals surface area contributed by atoms with E-state index in [2.05, 4.69) is 0 Å². The fourth-order valence-electron chi connectivity index (χ4n) is 1.80. The second-order valence-corrected chi connectivity index (χ2v) is 3.94. The van der Waals surface area contributed by atoms with Gasteiger partial charge in [-0.15, -0.1) is 6.42 Å². The Labute approximate surface area is 108 Å². The van der Waals surface area contributed by atoms with E-state index in [0.717, 1.165) is 12.1 Å². The summed E-state index contributed by atoms with van der Waals surface area (Å²) in [5, 5.41) is 10.4. The molecule has 19 heavy (non-hydrogen) atoms. The summed E-state index contributed by atoms with van der Waals surface area (Å²) in [6, 6.07) is 9.47. The zero-order chi connectivity index (χ0) is 14.0. The fourth-order valence-corrected chi connectivity index (χ4v) is 1.80. The zero-order valence-corrected chi connectivity index (χ0v) is 9.70. The van der Waals surface area contributed by atoms with Crippen molar-refractivity contribution in [2.75, 3.05) is 0 Å². The van der Waals surface area contributed by atoms with Crippen LogP contribution in [0.1, 0.15) is 11.1 Å². The molecule has 0 aromatic heterocycles. The number of hydrogen-bond donors (Lipinski definition) is 1. The van der Waals surface area contributed by atoms with Crippen molar-refractivity contribution in [3.05, 3.63) is 71.0 Å². The molecular weight excluding hydrogens is 253 g/mol. The number of rotatable bonds is 2. The first-order chi connectivity index (χ1) is 9.00. The molecule has 0 amide bonds. The number of benzene rings is 2. The van der Waals surface area contributed by atoms with E-state index in [1.807, 2.05) is 5.92 Å². The number of terminal acetylenes is 1. The third-order valence-corrected chi connectivity index (χ3v) is 2.83. The quantitative estimate of drug-likeness (QED) is 0.651. The Morgan fingerprint density at radius 3 is 2.16 bits per heavy atom. The van der Waals surface area contributed by atoms with E-state index in [9.17, 15) is 18.3 Å². The highest BCUT2D eigenvalue weighted by atomic mass is 19.2. The molecule has 0 bridgehead atoms. The van der Waals surface area contributed by atoms with Crippen LogP contribution in [0.4, 0.5) is 13.2 Å². The van der Waals surface area contributed by atoms with Crippen LogP contribution in [0.5, 0.6) is 0 Å². The minimum atomic E-state index is -2.15. The smallest absolute Gasteiger partial charge is 0.194 e. The maximum absolute atomic E-state index is 13.8. The molecule has 2 rings (SSSR count). The van der Waals surface area contributed by atoms with Crippen molar-refractivity contribution in [1.29, 1.82) is 0 Å². The summed E-state index contributed by atoms with van der Waals surface area (Å²) >= 11 is 0. The van der Waals surface area contributed by atoms with Crippen LogP contribution >= 0.6 is 0 Å². The van der Waals surface area contributed by atoms with E-state index in [4.69, 9.17) is 6.42 Å². The highest BCUT2D eigenvalue weighted by Crippen LogP contribution is 2.32. The van der Waals surface area contributed by atoms with Crippen LogP contribution in [-0.2, 0) is 5.60 Å². The summed E-state index contributed by atoms with van der Waals surface area (Å²) in [7, 11) is 0. The molecule has 1 atom stereocenters. The van der Waals surface area contributed by atoms with Crippen LogP contribution in [0.15, 0.2) is 42.5 Å². The summed E-state index contributed by atoms with van der Waals surface area (Å²) in [4.78, 5) is 0. The molecule has 4 heteroatoms. The lowest BCUT2D eigenvalue weighted by molar-refractivity contribution is 0.139. The summed E-state index contributed by atoms with van der Waals surface area (Å²) in [6.45, 7) is 0. The molecule has 0 aliphatic rings. The number of hydrogen-bond acceptors (Lipinski definition) is 1. The van der Waals surface area contributed by atoms with E-state index >= 15 is 0 Å². The van der Waals surface area contributed by atoms with Crippen LogP contribution in [0.2, 0.25) is 0 Å². The van der Waals surface area contributed by atoms with Crippen LogP contribution in [0.3, 0.4) is 0 Å². The molecule has 0 fully saturated rings. The van der Waals surface area contributed by atoms with Crippen molar-refractivity contribution in [2.24, 2.45) is 0 Å². The first-order valence-corrected chi connectivity index (χ1v) is 5.40. The van der Waals surface area contributed by atoms with Gasteiger partial charge in [-0.25, -0.2) is 13.2 Å². The minimum Gasteiger partial charge on any atom is -0.369 e. The SMILES string of the molecule is C#CC(O)(c1ccccc1)c1ccc(F)c(F)c1F. The van der Waals surface area contributed by atoms with E-state index in [1.165, 1.54) is 12.1 Å². The van der Waals surface area contributed by atoms with Crippen molar-refractivity contribution >= 4 is 0 Å². The molecule has 0 heterocycles. The Balaban J connectivity index is 2.68. The van der Waals surface area contributed by atoms with Crippen LogP contribution in [-0.4, -0.2) is 5.11 Å². The Bertz CT molecular complexity index is 646. The lowest BCUT2D eigenvalue weighted by Gasteiger charge is -2.23. The molecule has 96 valence electrons. The molecule has 0 saturated carbocycles. The number of halogens is 3. The van der Waals surface area contributed by atoms with E-state index < -0.39 is 28.6 Å². The topological polar surface area (TPSA) is 20.2 Å². The molecular formula is C15H9F3O. The lowest BCUT2D eigenvalue weighted by atomic mass is 9.86. The van der Waals surface area contributed by atoms with Gasteiger partial charge in [-0.05, 0) is 12.1 Å². The monoisotopic (exact) mass is 262 g/mol. The highest BCUT2D eigenvalue weighted by molar-refractivity contribution is 5.44. The van der Waals surface area contributed by atoms with E-state index in [0.29, 0.717) is 0 Å². The van der Waals surface area contributed by atoms with E-state index in [1.54, 1.807) is 18.2 Å². The van der Waals surface area contributed by atoms with Crippen molar-refractivity contribution in [3.8, 4) is 12.3 Å². The van der Waals surface area contributed by atoms with Gasteiger partial charge in [-0.2, -0.15) is 0 Å². The predicted molar refractivity (Wildman–Crippen MR) is 64.6 cm³/mol. The Kier molecular flexibility index (Phi) is 3.32. The van der Waals surface area contributed by atoms with Gasteiger partial charge < -0.3 is 5.11 Å². The Morgan fingerprint density at radius 1 is 0.947 bits per heavy atom. The molecule has 0 radical (unpaired) electrons. The van der Waals surface area contributed by atoms with Crippen LogP contribution in [0, 0.1) is 29.8 Å². The van der Waals surface area contributed by atoms with E-state index in [-0.39, 0.29) is 5.56 Å². The molecule has 0 aliphatic heterocycles. The van der Waals surface area contributed by atoms with Gasteiger partial charge in [0.2, 0.25) is 0 Å². The summed E-state index contributed by atoms with van der Waals surface area (Å²) in [5.41, 5.74) is -2.46. The van der Waals surface area contributed by atoms with Crippen molar-refractivity contribution in [3.63, 3.8) is 0 Å². The summed E-state index contributed by atoms with van der Waals surface area (Å²) < 4.78 is 39.9. The first kappa shape index (κ1) is 13.2.